The van der Waals surface area contributed by atoms with Crippen LogP contribution < -0.4 is 21.3 Å². The summed E-state index contributed by atoms with van der Waals surface area (Å²) in [6.07, 6.45) is 2.00. The first-order valence-corrected chi connectivity index (χ1v) is 13.9. The molecular weight excluding hydrogens is 473 g/mol. The van der Waals surface area contributed by atoms with E-state index >= 15 is 0 Å². The molecule has 2 aliphatic heterocycles. The van der Waals surface area contributed by atoms with Crippen LogP contribution >= 0.6 is 0 Å². The van der Waals surface area contributed by atoms with Crippen LogP contribution in [-0.4, -0.2) is 16.1 Å². The number of fused-ring (bicyclic) bond motifs is 4. The molecule has 3 nitrogen and oxygen atoms in total. The molecule has 0 fully saturated rings. The summed E-state index contributed by atoms with van der Waals surface area (Å²) >= 11 is 0. The number of hydrogen-bond acceptors (Lipinski definition) is 2. The number of aryl methyl sites for hydroxylation is 2. The van der Waals surface area contributed by atoms with Gasteiger partial charge in [-0.15, -0.1) is 0 Å². The minimum atomic E-state index is 0.0119. The van der Waals surface area contributed by atoms with Crippen molar-refractivity contribution in [3.05, 3.63) is 90.1 Å². The number of hydrogen-bond donors (Lipinski definition) is 0. The average Bonchev–Trinajstić information content (AvgIpc) is 3.30. The van der Waals surface area contributed by atoms with Crippen LogP contribution in [-0.2, 0) is 5.41 Å². The lowest BCUT2D eigenvalue weighted by Crippen LogP contribution is -2.60. The Bertz CT molecular complexity index is 2260. The van der Waals surface area contributed by atoms with Crippen LogP contribution in [0.4, 0.5) is 11.4 Å². The first kappa shape index (κ1) is 21.6. The molecule has 5 aromatic carbocycles. The molecule has 2 aliphatic rings. The topological polar surface area (TPSA) is 20.5 Å². The van der Waals surface area contributed by atoms with E-state index in [1.54, 1.807) is 0 Å². The number of anilines is 2. The molecule has 0 saturated carbocycles. The van der Waals surface area contributed by atoms with Crippen molar-refractivity contribution in [1.29, 1.82) is 0 Å². The maximum atomic E-state index is 5.41. The molecule has 0 radical (unpaired) electrons. The van der Waals surface area contributed by atoms with E-state index in [-0.39, 0.29) is 12.1 Å². The predicted molar refractivity (Wildman–Crippen MR) is 168 cm³/mol. The highest BCUT2D eigenvalue weighted by Gasteiger charge is 2.42. The van der Waals surface area contributed by atoms with Crippen LogP contribution in [0.1, 0.15) is 37.5 Å². The van der Waals surface area contributed by atoms with Gasteiger partial charge in [0.15, 0.2) is 0 Å². The SMILES string of the molecule is C=CN1c2cc3ccc4cccc5c4c3c3c2B(c2cc(C)cc(C)c21)c1cc(C(C)(C)C)cc2nc5n3c12. The van der Waals surface area contributed by atoms with Gasteiger partial charge in [-0.1, -0.05) is 81.4 Å². The zero-order valence-corrected chi connectivity index (χ0v) is 23.0. The summed E-state index contributed by atoms with van der Waals surface area (Å²) in [6, 6.07) is 23.2. The lowest BCUT2D eigenvalue weighted by atomic mass is 9.33. The Labute approximate surface area is 227 Å². The summed E-state index contributed by atoms with van der Waals surface area (Å²) in [5.74, 6) is 0. The summed E-state index contributed by atoms with van der Waals surface area (Å²) in [6.45, 7) is 15.8. The highest BCUT2D eigenvalue weighted by Crippen LogP contribution is 2.44. The molecule has 39 heavy (non-hydrogen) atoms. The molecule has 2 aromatic heterocycles. The van der Waals surface area contributed by atoms with Crippen molar-refractivity contribution in [1.82, 2.24) is 9.38 Å². The lowest BCUT2D eigenvalue weighted by molar-refractivity contribution is 0.591. The van der Waals surface area contributed by atoms with E-state index in [4.69, 9.17) is 4.98 Å². The van der Waals surface area contributed by atoms with Gasteiger partial charge in [0.25, 0.3) is 6.71 Å². The fourth-order valence-corrected chi connectivity index (χ4v) is 7.78. The Morgan fingerprint density at radius 2 is 1.69 bits per heavy atom. The molecular formula is C35H28BN3. The highest BCUT2D eigenvalue weighted by molar-refractivity contribution is 7.01. The van der Waals surface area contributed by atoms with Gasteiger partial charge in [0.05, 0.1) is 16.6 Å². The van der Waals surface area contributed by atoms with Gasteiger partial charge in [-0.3, -0.25) is 4.40 Å². The van der Waals surface area contributed by atoms with Gasteiger partial charge in [0.1, 0.15) is 5.65 Å². The Balaban J connectivity index is 1.64. The maximum absolute atomic E-state index is 5.41. The van der Waals surface area contributed by atoms with E-state index in [9.17, 15) is 0 Å². The van der Waals surface area contributed by atoms with Crippen molar-refractivity contribution in [2.45, 2.75) is 40.0 Å². The average molecular weight is 501 g/mol. The van der Waals surface area contributed by atoms with Crippen LogP contribution in [0.15, 0.2) is 73.4 Å². The Morgan fingerprint density at radius 1 is 0.872 bits per heavy atom. The molecule has 0 unspecified atom stereocenters. The molecule has 0 N–H and O–H groups in total. The lowest BCUT2D eigenvalue weighted by Gasteiger charge is -2.39. The molecule has 186 valence electrons. The van der Waals surface area contributed by atoms with E-state index in [0.29, 0.717) is 0 Å². The van der Waals surface area contributed by atoms with Crippen molar-refractivity contribution in [2.24, 2.45) is 0 Å². The molecule has 0 aliphatic carbocycles. The molecule has 7 aromatic rings. The third kappa shape index (κ3) is 2.40. The standard InChI is InChI=1S/C35H28BN3/c1-7-38-27-15-21-12-11-20-9-8-10-23-28(20)29(21)33-30(27)36(24-14-18(2)13-19(3)31(24)38)25-16-22(35(4,5)6)17-26-32(25)39(33)34(23)37-26/h7-17H,1H2,2-6H3. The molecule has 0 atom stereocenters. The number of aromatic nitrogens is 2. The number of nitrogens with zero attached hydrogens (tertiary/aromatic N) is 3. The van der Waals surface area contributed by atoms with E-state index in [2.05, 4.69) is 111 Å². The van der Waals surface area contributed by atoms with Crippen LogP contribution in [0.5, 0.6) is 0 Å². The quantitative estimate of drug-likeness (QED) is 0.184. The summed E-state index contributed by atoms with van der Waals surface area (Å²) in [7, 11) is 0. The fraction of sp³-hybridized carbons (Fsp3) is 0.171. The Morgan fingerprint density at radius 3 is 2.49 bits per heavy atom. The van der Waals surface area contributed by atoms with Gasteiger partial charge in [-0.2, -0.15) is 0 Å². The minimum absolute atomic E-state index is 0.0119. The smallest absolute Gasteiger partial charge is 0.252 e. The Kier molecular flexibility index (Phi) is 3.67. The van der Waals surface area contributed by atoms with Gasteiger partial charge < -0.3 is 4.90 Å². The second-order valence-corrected chi connectivity index (χ2v) is 12.7. The zero-order chi connectivity index (χ0) is 26.5. The predicted octanol–water partition coefficient (Wildman–Crippen LogP) is 6.72. The summed E-state index contributed by atoms with van der Waals surface area (Å²) < 4.78 is 2.49. The van der Waals surface area contributed by atoms with Gasteiger partial charge >= 0.3 is 0 Å². The Hall–Kier alpha value is -4.31. The third-order valence-corrected chi connectivity index (χ3v) is 9.32. The van der Waals surface area contributed by atoms with Crippen molar-refractivity contribution < 1.29 is 0 Å². The van der Waals surface area contributed by atoms with Gasteiger partial charge in [0.2, 0.25) is 0 Å². The molecule has 0 saturated heterocycles. The molecule has 9 rings (SSSR count). The van der Waals surface area contributed by atoms with E-state index < -0.39 is 0 Å². The second kappa shape index (κ2) is 6.63. The largest absolute Gasteiger partial charge is 0.318 e. The van der Waals surface area contributed by atoms with Crippen molar-refractivity contribution >= 4 is 83.6 Å². The third-order valence-electron chi connectivity index (χ3n) is 9.32. The second-order valence-electron chi connectivity index (χ2n) is 12.7. The highest BCUT2D eigenvalue weighted by atomic mass is 15.1. The first-order chi connectivity index (χ1) is 18.8. The maximum Gasteiger partial charge on any atom is 0.252 e. The molecule has 4 heterocycles. The van der Waals surface area contributed by atoms with Gasteiger partial charge in [-0.25, -0.2) is 4.98 Å². The van der Waals surface area contributed by atoms with Gasteiger partial charge in [-0.05, 0) is 69.7 Å². The summed E-state index contributed by atoms with van der Waals surface area (Å²) in [5.41, 5.74) is 15.3. The molecule has 0 spiro atoms. The summed E-state index contributed by atoms with van der Waals surface area (Å²) in [4.78, 5) is 7.75. The molecule has 0 bridgehead atoms. The van der Waals surface area contributed by atoms with Gasteiger partial charge in [0, 0.05) is 33.7 Å². The van der Waals surface area contributed by atoms with E-state index in [1.165, 1.54) is 82.4 Å². The van der Waals surface area contributed by atoms with Crippen LogP contribution in [0, 0.1) is 13.8 Å². The number of benzene rings is 5. The monoisotopic (exact) mass is 501 g/mol. The fourth-order valence-electron chi connectivity index (χ4n) is 7.78. The van der Waals surface area contributed by atoms with Crippen molar-refractivity contribution in [3.8, 4) is 0 Å². The van der Waals surface area contributed by atoms with Crippen molar-refractivity contribution in [3.63, 3.8) is 0 Å². The van der Waals surface area contributed by atoms with Crippen LogP contribution in [0.25, 0.3) is 49.1 Å². The molecule has 0 amide bonds. The van der Waals surface area contributed by atoms with Crippen LogP contribution in [0.2, 0.25) is 0 Å². The number of imidazole rings is 1. The van der Waals surface area contributed by atoms with E-state index in [0.717, 1.165) is 11.2 Å². The normalized spacial score (nSPS) is 14.3. The first-order valence-electron chi connectivity index (χ1n) is 13.9. The van der Waals surface area contributed by atoms with Crippen molar-refractivity contribution in [2.75, 3.05) is 4.90 Å². The number of rotatable bonds is 1. The van der Waals surface area contributed by atoms with E-state index in [1.807, 2.05) is 6.20 Å². The number of pyridine rings is 1. The molecule has 4 heteroatoms. The van der Waals surface area contributed by atoms with Crippen LogP contribution in [0.3, 0.4) is 0 Å². The minimum Gasteiger partial charge on any atom is -0.318 e. The zero-order valence-electron chi connectivity index (χ0n) is 23.0. The summed E-state index contributed by atoms with van der Waals surface area (Å²) in [5, 5.41) is 6.44.